The Hall–Kier alpha value is -1.64. The minimum atomic E-state index is -7.94. The molecular formula is C9H2F14O2. The zero-order valence-corrected chi connectivity index (χ0v) is 10.8. The lowest BCUT2D eigenvalue weighted by Crippen LogP contribution is -2.70. The van der Waals surface area contributed by atoms with E-state index in [9.17, 15) is 71.1 Å². The van der Waals surface area contributed by atoms with Crippen molar-refractivity contribution in [2.24, 2.45) is 0 Å². The summed E-state index contributed by atoms with van der Waals surface area (Å²) in [6, 6.07) is 0. The summed E-state index contributed by atoms with van der Waals surface area (Å²) in [5.74, 6) is -46.6. The standard InChI is InChI=1S/C9H2F14O2/c10-1-4(11,12)7(18,19)9(22,23)8(20,21)5(13,14)2(24)3(25)6(15,16)17/h1H2. The summed E-state index contributed by atoms with van der Waals surface area (Å²) in [6.45, 7) is -3.76. The van der Waals surface area contributed by atoms with Crippen molar-refractivity contribution in [2.45, 2.75) is 35.8 Å². The molecule has 0 rings (SSSR count). The fourth-order valence-electron chi connectivity index (χ4n) is 1.12. The van der Waals surface area contributed by atoms with Gasteiger partial charge in [0.05, 0.1) is 0 Å². The number of hydrogen-bond acceptors (Lipinski definition) is 2. The second kappa shape index (κ2) is 5.96. The molecule has 0 aliphatic carbocycles. The average molecular weight is 408 g/mol. The van der Waals surface area contributed by atoms with Gasteiger partial charge in [-0.15, -0.1) is 0 Å². The van der Waals surface area contributed by atoms with E-state index in [0.29, 0.717) is 0 Å². The number of Topliss-reactive ketones (excluding diaryl/α,β-unsaturated/α-hetero) is 2. The minimum Gasteiger partial charge on any atom is -0.283 e. The second-order valence-electron chi connectivity index (χ2n) is 4.29. The van der Waals surface area contributed by atoms with Gasteiger partial charge in [-0.25, -0.2) is 4.39 Å². The summed E-state index contributed by atoms with van der Waals surface area (Å²) in [5, 5.41) is 0. The van der Waals surface area contributed by atoms with Crippen LogP contribution < -0.4 is 0 Å². The van der Waals surface area contributed by atoms with Gasteiger partial charge in [-0.05, 0) is 0 Å². The lowest BCUT2D eigenvalue weighted by molar-refractivity contribution is -0.395. The highest BCUT2D eigenvalue weighted by Gasteiger charge is 2.88. The first-order valence-corrected chi connectivity index (χ1v) is 5.24. The molecule has 0 aromatic heterocycles. The van der Waals surface area contributed by atoms with Gasteiger partial charge in [0.15, 0.2) is 6.67 Å². The summed E-state index contributed by atoms with van der Waals surface area (Å²) in [5.41, 5.74) is 0. The summed E-state index contributed by atoms with van der Waals surface area (Å²) in [7, 11) is 0. The summed E-state index contributed by atoms with van der Waals surface area (Å²) in [6.07, 6.45) is -6.60. The molecule has 0 aromatic rings. The second-order valence-corrected chi connectivity index (χ2v) is 4.29. The Morgan fingerprint density at radius 2 is 0.920 bits per heavy atom. The van der Waals surface area contributed by atoms with Crippen molar-refractivity contribution < 1.29 is 71.1 Å². The van der Waals surface area contributed by atoms with Crippen LogP contribution in [0, 0.1) is 0 Å². The van der Waals surface area contributed by atoms with Crippen molar-refractivity contribution in [1.29, 1.82) is 0 Å². The molecule has 25 heavy (non-hydrogen) atoms. The molecule has 0 unspecified atom stereocenters. The van der Waals surface area contributed by atoms with Crippen LogP contribution in [0.4, 0.5) is 61.5 Å². The third-order valence-electron chi connectivity index (χ3n) is 2.56. The van der Waals surface area contributed by atoms with Gasteiger partial charge in [0, 0.05) is 0 Å². The van der Waals surface area contributed by atoms with Gasteiger partial charge in [-0.3, -0.25) is 9.59 Å². The summed E-state index contributed by atoms with van der Waals surface area (Å²) < 4.78 is 175. The number of ketones is 2. The lowest BCUT2D eigenvalue weighted by atomic mass is 9.91. The van der Waals surface area contributed by atoms with Crippen molar-refractivity contribution in [2.75, 3.05) is 6.67 Å². The zero-order valence-electron chi connectivity index (χ0n) is 10.8. The van der Waals surface area contributed by atoms with E-state index in [1.54, 1.807) is 0 Å². The van der Waals surface area contributed by atoms with Gasteiger partial charge in [0.2, 0.25) is 0 Å². The van der Waals surface area contributed by atoms with E-state index in [1.807, 2.05) is 0 Å². The van der Waals surface area contributed by atoms with E-state index in [4.69, 9.17) is 0 Å². The van der Waals surface area contributed by atoms with Gasteiger partial charge in [-0.2, -0.15) is 57.1 Å². The molecule has 148 valence electrons. The SMILES string of the molecule is O=C(C(=O)C(F)(F)C(F)(F)C(F)(F)C(F)(F)C(F)(F)CF)C(F)(F)F. The molecule has 0 N–H and O–H groups in total. The Bertz CT molecular complexity index is 545. The smallest absolute Gasteiger partial charge is 0.283 e. The first kappa shape index (κ1) is 23.4. The Labute approximate surface area is 126 Å². The zero-order chi connectivity index (χ0) is 20.9. The highest BCUT2D eigenvalue weighted by Crippen LogP contribution is 2.57. The largest absolute Gasteiger partial charge is 0.458 e. The molecule has 0 fully saturated rings. The first-order valence-electron chi connectivity index (χ1n) is 5.24. The molecule has 0 aliphatic rings. The monoisotopic (exact) mass is 408 g/mol. The molecule has 0 saturated carbocycles. The molecular weight excluding hydrogens is 406 g/mol. The van der Waals surface area contributed by atoms with E-state index in [2.05, 4.69) is 0 Å². The van der Waals surface area contributed by atoms with Gasteiger partial charge >= 0.3 is 41.6 Å². The van der Waals surface area contributed by atoms with Crippen LogP contribution in [0.25, 0.3) is 0 Å². The maximum Gasteiger partial charge on any atom is 0.458 e. The number of rotatable bonds is 7. The van der Waals surface area contributed by atoms with E-state index in [1.165, 1.54) is 0 Å². The Morgan fingerprint density at radius 1 is 0.560 bits per heavy atom. The first-order chi connectivity index (χ1) is 10.6. The van der Waals surface area contributed by atoms with Crippen molar-refractivity contribution >= 4 is 11.6 Å². The van der Waals surface area contributed by atoms with Crippen LogP contribution in [-0.2, 0) is 9.59 Å². The van der Waals surface area contributed by atoms with Gasteiger partial charge in [-0.1, -0.05) is 0 Å². The quantitative estimate of drug-likeness (QED) is 0.474. The van der Waals surface area contributed by atoms with Crippen molar-refractivity contribution in [3.05, 3.63) is 0 Å². The fourth-order valence-corrected chi connectivity index (χ4v) is 1.12. The van der Waals surface area contributed by atoms with Crippen LogP contribution >= 0.6 is 0 Å². The van der Waals surface area contributed by atoms with Crippen molar-refractivity contribution in [3.63, 3.8) is 0 Å². The molecule has 2 nitrogen and oxygen atoms in total. The average Bonchev–Trinajstić information content (AvgIpc) is 2.43. The van der Waals surface area contributed by atoms with Crippen LogP contribution in [0.5, 0.6) is 0 Å². The van der Waals surface area contributed by atoms with Gasteiger partial charge < -0.3 is 0 Å². The number of halogens is 14. The van der Waals surface area contributed by atoms with Crippen LogP contribution in [0.15, 0.2) is 0 Å². The molecule has 0 bridgehead atoms. The third kappa shape index (κ3) is 3.26. The summed E-state index contributed by atoms with van der Waals surface area (Å²) in [4.78, 5) is 20.6. The van der Waals surface area contributed by atoms with E-state index in [0.717, 1.165) is 0 Å². The third-order valence-corrected chi connectivity index (χ3v) is 2.56. The predicted octanol–water partition coefficient (Wildman–Crippen LogP) is 3.83. The fraction of sp³-hybridized carbons (Fsp3) is 0.778. The lowest BCUT2D eigenvalue weighted by Gasteiger charge is -2.38. The Kier molecular flexibility index (Phi) is 5.57. The highest BCUT2D eigenvalue weighted by atomic mass is 19.4. The van der Waals surface area contributed by atoms with Gasteiger partial charge in [0.25, 0.3) is 5.78 Å². The van der Waals surface area contributed by atoms with Crippen LogP contribution in [-0.4, -0.2) is 54.0 Å². The number of alkyl halides is 14. The Morgan fingerprint density at radius 3 is 1.20 bits per heavy atom. The van der Waals surface area contributed by atoms with Gasteiger partial charge in [0.1, 0.15) is 0 Å². The van der Waals surface area contributed by atoms with E-state index in [-0.39, 0.29) is 0 Å². The molecule has 16 heteroatoms. The van der Waals surface area contributed by atoms with Crippen molar-refractivity contribution in [1.82, 2.24) is 0 Å². The Balaban J connectivity index is 6.28. The molecule has 0 amide bonds. The summed E-state index contributed by atoms with van der Waals surface area (Å²) >= 11 is 0. The number of carbonyl (C=O) groups excluding carboxylic acids is 2. The molecule has 0 saturated heterocycles. The molecule has 0 radical (unpaired) electrons. The van der Waals surface area contributed by atoms with Crippen LogP contribution in [0.3, 0.4) is 0 Å². The molecule has 0 heterocycles. The minimum absolute atomic E-state index is 3.76. The number of hydrogen-bond donors (Lipinski definition) is 0. The van der Waals surface area contributed by atoms with Crippen molar-refractivity contribution in [3.8, 4) is 0 Å². The molecule has 0 spiro atoms. The van der Waals surface area contributed by atoms with E-state index < -0.39 is 54.0 Å². The molecule has 0 atom stereocenters. The van der Waals surface area contributed by atoms with Crippen LogP contribution in [0.2, 0.25) is 0 Å². The predicted molar refractivity (Wildman–Crippen MR) is 46.8 cm³/mol. The number of carbonyl (C=O) groups is 2. The van der Waals surface area contributed by atoms with Crippen LogP contribution in [0.1, 0.15) is 0 Å². The highest BCUT2D eigenvalue weighted by molar-refractivity contribution is 6.42. The van der Waals surface area contributed by atoms with E-state index >= 15 is 0 Å². The normalized spacial score (nSPS) is 15.3. The molecule has 0 aliphatic heterocycles. The topological polar surface area (TPSA) is 34.1 Å². The maximum absolute atomic E-state index is 13.0. The molecule has 0 aromatic carbocycles. The maximum atomic E-state index is 13.0.